The fourth-order valence-electron chi connectivity index (χ4n) is 1.30. The second kappa shape index (κ2) is 6.93. The highest BCUT2D eigenvalue weighted by atomic mass is 35.5. The molecule has 5 N–H and O–H groups in total. The molecule has 0 spiro atoms. The first kappa shape index (κ1) is 15.2. The summed E-state index contributed by atoms with van der Waals surface area (Å²) in [4.78, 5) is 12.8. The molecule has 102 valence electrons. The molecule has 1 aromatic carbocycles. The standard InChI is InChI=1S/C10H10ClN3S.CH2O3/c1-6-7(3-2-4-8(6)11)10-13-5-9(14-12)15-10;2-1(3)4/h2-5,14H,12H2,1H3;(H2,2,3,4). The van der Waals surface area contributed by atoms with Crippen LogP contribution < -0.4 is 11.3 Å². The van der Waals surface area contributed by atoms with E-state index in [1.54, 1.807) is 6.20 Å². The zero-order valence-electron chi connectivity index (χ0n) is 9.92. The van der Waals surface area contributed by atoms with Crippen LogP contribution in [0.1, 0.15) is 5.56 Å². The van der Waals surface area contributed by atoms with Gasteiger partial charge >= 0.3 is 6.16 Å². The van der Waals surface area contributed by atoms with Crippen LogP contribution in [0.5, 0.6) is 0 Å². The van der Waals surface area contributed by atoms with E-state index in [0.29, 0.717) is 0 Å². The summed E-state index contributed by atoms with van der Waals surface area (Å²) in [5.41, 5.74) is 4.66. The van der Waals surface area contributed by atoms with Crippen molar-refractivity contribution >= 4 is 34.1 Å². The number of nitrogens with one attached hydrogen (secondary N) is 1. The molecular formula is C11H12ClN3O3S. The Morgan fingerprint density at radius 1 is 1.47 bits per heavy atom. The molecule has 0 atom stereocenters. The van der Waals surface area contributed by atoms with E-state index >= 15 is 0 Å². The minimum absolute atomic E-state index is 0.755. The number of benzene rings is 1. The van der Waals surface area contributed by atoms with Crippen LogP contribution in [0, 0.1) is 6.92 Å². The molecule has 2 rings (SSSR count). The predicted molar refractivity (Wildman–Crippen MR) is 75.8 cm³/mol. The van der Waals surface area contributed by atoms with Gasteiger partial charge in [-0.1, -0.05) is 35.1 Å². The van der Waals surface area contributed by atoms with Gasteiger partial charge < -0.3 is 15.6 Å². The van der Waals surface area contributed by atoms with Crippen molar-refractivity contribution in [3.05, 3.63) is 35.0 Å². The van der Waals surface area contributed by atoms with Crippen molar-refractivity contribution in [3.63, 3.8) is 0 Å². The zero-order chi connectivity index (χ0) is 14.4. The lowest BCUT2D eigenvalue weighted by molar-refractivity contribution is 0.137. The third kappa shape index (κ3) is 4.40. The molecule has 0 radical (unpaired) electrons. The van der Waals surface area contributed by atoms with Crippen LogP contribution in [0.4, 0.5) is 9.80 Å². The van der Waals surface area contributed by atoms with Crippen molar-refractivity contribution in [1.82, 2.24) is 4.98 Å². The number of aromatic nitrogens is 1. The Balaban J connectivity index is 0.000000399. The summed E-state index contributed by atoms with van der Waals surface area (Å²) in [6, 6.07) is 5.79. The summed E-state index contributed by atoms with van der Waals surface area (Å²) in [6.07, 6.45) is -0.125. The van der Waals surface area contributed by atoms with Gasteiger partial charge in [-0.25, -0.2) is 15.6 Å². The number of nitrogens with zero attached hydrogens (tertiary/aromatic N) is 1. The second-order valence-corrected chi connectivity index (χ2v) is 4.81. The number of carboxylic acid groups (broad SMARTS) is 2. The van der Waals surface area contributed by atoms with E-state index in [9.17, 15) is 0 Å². The molecule has 0 aliphatic carbocycles. The number of hydrogen-bond donors (Lipinski definition) is 4. The Kier molecular flexibility index (Phi) is 5.56. The van der Waals surface area contributed by atoms with Crippen molar-refractivity contribution in [2.45, 2.75) is 6.92 Å². The van der Waals surface area contributed by atoms with Crippen LogP contribution in [0.3, 0.4) is 0 Å². The maximum atomic E-state index is 8.56. The van der Waals surface area contributed by atoms with Gasteiger partial charge in [-0.05, 0) is 18.6 Å². The summed E-state index contributed by atoms with van der Waals surface area (Å²) in [7, 11) is 0. The van der Waals surface area contributed by atoms with Crippen molar-refractivity contribution in [2.75, 3.05) is 5.43 Å². The summed E-state index contributed by atoms with van der Waals surface area (Å²) in [5.74, 6) is 5.30. The first-order valence-electron chi connectivity index (χ1n) is 5.05. The molecule has 0 aliphatic rings. The summed E-state index contributed by atoms with van der Waals surface area (Å²) < 4.78 is 0. The lowest BCUT2D eigenvalue weighted by Gasteiger charge is -2.03. The number of carbonyl (C=O) groups is 1. The van der Waals surface area contributed by atoms with Crippen LogP contribution in [0.15, 0.2) is 24.4 Å². The number of hydrazine groups is 1. The average molecular weight is 302 g/mol. The summed E-state index contributed by atoms with van der Waals surface area (Å²) in [6.45, 7) is 1.98. The number of anilines is 1. The van der Waals surface area contributed by atoms with E-state index in [-0.39, 0.29) is 0 Å². The number of nitrogens with two attached hydrogens (primary N) is 1. The largest absolute Gasteiger partial charge is 0.503 e. The quantitative estimate of drug-likeness (QED) is 0.501. The topological polar surface area (TPSA) is 108 Å². The summed E-state index contributed by atoms with van der Waals surface area (Å²) >= 11 is 7.54. The Morgan fingerprint density at radius 2 is 2.11 bits per heavy atom. The molecule has 0 fully saturated rings. The Labute approximate surface area is 118 Å². The molecule has 1 aromatic heterocycles. The Bertz CT molecular complexity index is 570. The molecule has 8 heteroatoms. The minimum Gasteiger partial charge on any atom is -0.450 e. The zero-order valence-corrected chi connectivity index (χ0v) is 11.5. The van der Waals surface area contributed by atoms with E-state index < -0.39 is 6.16 Å². The van der Waals surface area contributed by atoms with E-state index in [1.807, 2.05) is 25.1 Å². The molecule has 0 amide bonds. The number of rotatable bonds is 2. The molecule has 0 saturated heterocycles. The van der Waals surface area contributed by atoms with Crippen LogP contribution >= 0.6 is 22.9 Å². The number of halogens is 1. The highest BCUT2D eigenvalue weighted by Crippen LogP contribution is 2.32. The fourth-order valence-corrected chi connectivity index (χ4v) is 2.29. The third-order valence-electron chi connectivity index (χ3n) is 2.15. The Hall–Kier alpha value is -1.83. The van der Waals surface area contributed by atoms with Gasteiger partial charge in [0.2, 0.25) is 0 Å². The van der Waals surface area contributed by atoms with Gasteiger partial charge in [-0.2, -0.15) is 0 Å². The molecule has 0 aliphatic heterocycles. The van der Waals surface area contributed by atoms with Gasteiger partial charge in [-0.15, -0.1) is 0 Å². The number of nitrogen functional groups attached to an aromatic ring is 1. The molecule has 1 heterocycles. The van der Waals surface area contributed by atoms with Crippen molar-refractivity contribution in [2.24, 2.45) is 5.84 Å². The van der Waals surface area contributed by atoms with Crippen LogP contribution in [-0.4, -0.2) is 21.4 Å². The molecule has 19 heavy (non-hydrogen) atoms. The Morgan fingerprint density at radius 3 is 2.63 bits per heavy atom. The van der Waals surface area contributed by atoms with Gasteiger partial charge in [0.25, 0.3) is 0 Å². The van der Waals surface area contributed by atoms with E-state index in [0.717, 1.165) is 26.2 Å². The molecule has 0 saturated carbocycles. The van der Waals surface area contributed by atoms with Crippen LogP contribution in [0.25, 0.3) is 10.6 Å². The van der Waals surface area contributed by atoms with E-state index in [4.69, 9.17) is 32.5 Å². The monoisotopic (exact) mass is 301 g/mol. The van der Waals surface area contributed by atoms with Gasteiger partial charge in [0.15, 0.2) is 0 Å². The average Bonchev–Trinajstić information content (AvgIpc) is 2.80. The normalized spacial score (nSPS) is 9.42. The summed E-state index contributed by atoms with van der Waals surface area (Å²) in [5, 5.41) is 16.5. The van der Waals surface area contributed by atoms with Crippen molar-refractivity contribution < 1.29 is 15.0 Å². The minimum atomic E-state index is -1.83. The second-order valence-electron chi connectivity index (χ2n) is 3.37. The lowest BCUT2D eigenvalue weighted by atomic mass is 10.1. The highest BCUT2D eigenvalue weighted by Gasteiger charge is 2.08. The smallest absolute Gasteiger partial charge is 0.450 e. The lowest BCUT2D eigenvalue weighted by Crippen LogP contribution is -2.04. The van der Waals surface area contributed by atoms with Gasteiger partial charge in [0.1, 0.15) is 10.0 Å². The third-order valence-corrected chi connectivity index (χ3v) is 3.52. The predicted octanol–water partition coefficient (Wildman–Crippen LogP) is 3.28. The fraction of sp³-hybridized carbons (Fsp3) is 0.0909. The molecule has 6 nitrogen and oxygen atoms in total. The maximum Gasteiger partial charge on any atom is 0.503 e. The van der Waals surface area contributed by atoms with Crippen molar-refractivity contribution in [1.29, 1.82) is 0 Å². The first-order valence-corrected chi connectivity index (χ1v) is 6.25. The molecular weight excluding hydrogens is 290 g/mol. The van der Waals surface area contributed by atoms with E-state index in [1.165, 1.54) is 11.3 Å². The highest BCUT2D eigenvalue weighted by molar-refractivity contribution is 7.18. The van der Waals surface area contributed by atoms with E-state index in [2.05, 4.69) is 10.4 Å². The van der Waals surface area contributed by atoms with Crippen LogP contribution in [-0.2, 0) is 0 Å². The van der Waals surface area contributed by atoms with Gasteiger partial charge in [0.05, 0.1) is 6.20 Å². The van der Waals surface area contributed by atoms with Gasteiger partial charge in [0, 0.05) is 10.6 Å². The van der Waals surface area contributed by atoms with Crippen molar-refractivity contribution in [3.8, 4) is 10.6 Å². The number of thiazole rings is 1. The SMILES string of the molecule is Cc1c(Cl)cccc1-c1ncc(NN)s1.O=C(O)O. The van der Waals surface area contributed by atoms with Crippen LogP contribution in [0.2, 0.25) is 5.02 Å². The first-order chi connectivity index (χ1) is 8.95. The maximum absolute atomic E-state index is 8.56. The van der Waals surface area contributed by atoms with Gasteiger partial charge in [-0.3, -0.25) is 0 Å². The molecule has 2 aromatic rings. The molecule has 0 bridgehead atoms. The number of hydrogen-bond acceptors (Lipinski definition) is 5. The molecule has 0 unspecified atom stereocenters.